The molecule has 0 heterocycles. The van der Waals surface area contributed by atoms with Crippen molar-refractivity contribution in [3.8, 4) is 0 Å². The van der Waals surface area contributed by atoms with Gasteiger partial charge in [0.05, 0.1) is 6.61 Å². The number of rotatable bonds is 26. The third-order valence-corrected chi connectivity index (χ3v) is 8.03. The predicted molar refractivity (Wildman–Crippen MR) is 168 cm³/mol. The molecule has 0 aliphatic rings. The molecular formula is C31H63O6PS. The minimum Gasteiger partial charge on any atom is -0.461 e. The summed E-state index contributed by atoms with van der Waals surface area (Å²) in [7, 11) is -1.98. The van der Waals surface area contributed by atoms with Gasteiger partial charge in [0.1, 0.15) is 13.9 Å². The molecule has 0 aliphatic carbocycles. The van der Waals surface area contributed by atoms with Crippen molar-refractivity contribution < 1.29 is 28.7 Å². The summed E-state index contributed by atoms with van der Waals surface area (Å²) >= 11 is 4.70. The lowest BCUT2D eigenvalue weighted by molar-refractivity contribution is -0.259. The lowest BCUT2D eigenvalue weighted by Crippen LogP contribution is -2.42. The van der Waals surface area contributed by atoms with Gasteiger partial charge in [0.2, 0.25) is 0 Å². The van der Waals surface area contributed by atoms with Crippen molar-refractivity contribution >= 4 is 27.1 Å². The summed E-state index contributed by atoms with van der Waals surface area (Å²) in [5.41, 5.74) is -3.17. The van der Waals surface area contributed by atoms with Gasteiger partial charge in [0.15, 0.2) is 6.29 Å². The third-order valence-electron chi connectivity index (χ3n) is 7.01. The van der Waals surface area contributed by atoms with Gasteiger partial charge < -0.3 is 23.9 Å². The largest absolute Gasteiger partial charge is 0.461 e. The number of aliphatic hydroxyl groups is 1. The Labute approximate surface area is 247 Å². The third kappa shape index (κ3) is 21.3. The maximum absolute atomic E-state index is 12.5. The molecule has 1 N–H and O–H groups in total. The number of hydrogen-bond acceptors (Lipinski definition) is 7. The molecule has 39 heavy (non-hydrogen) atoms. The van der Waals surface area contributed by atoms with Crippen molar-refractivity contribution in [2.75, 3.05) is 6.61 Å². The van der Waals surface area contributed by atoms with Crippen LogP contribution in [0.2, 0.25) is 0 Å². The second-order valence-electron chi connectivity index (χ2n) is 12.4. The molecule has 0 aromatic carbocycles. The zero-order valence-electron chi connectivity index (χ0n) is 26.2. The highest BCUT2D eigenvalue weighted by Crippen LogP contribution is 2.30. The summed E-state index contributed by atoms with van der Waals surface area (Å²) in [4.78, 5) is 12.5. The lowest BCUT2D eigenvalue weighted by Gasteiger charge is -2.30. The SMILES string of the molecule is CCCCCCCCCCCC(CCCCCCC)CC(S)OC(CC)OC(O)([PH2]=O)C(=O)OCC(C)(C)C. The Kier molecular flexibility index (Phi) is 23.4. The van der Waals surface area contributed by atoms with Crippen LogP contribution >= 0.6 is 21.1 Å². The molecule has 0 aliphatic heterocycles. The zero-order valence-corrected chi connectivity index (χ0v) is 28.2. The number of hydrogen-bond donors (Lipinski definition) is 2. The van der Waals surface area contributed by atoms with Gasteiger partial charge in [-0.2, -0.15) is 0 Å². The average molecular weight is 595 g/mol. The standard InChI is InChI=1S/C31H63O6PS/c1-7-10-12-14-15-16-17-19-21-23-26(22-20-18-13-11-8-2)24-28(39)36-27(9-3)37-31(33,38-34)29(32)35-25-30(4,5)6/h26-28,33,39H,7-25,38H2,1-6H3. The lowest BCUT2D eigenvalue weighted by atomic mass is 9.91. The van der Waals surface area contributed by atoms with E-state index in [9.17, 15) is 14.5 Å². The van der Waals surface area contributed by atoms with Crippen molar-refractivity contribution in [2.45, 2.75) is 174 Å². The van der Waals surface area contributed by atoms with Gasteiger partial charge in [0.25, 0.3) is 0 Å². The van der Waals surface area contributed by atoms with Crippen molar-refractivity contribution in [2.24, 2.45) is 11.3 Å². The van der Waals surface area contributed by atoms with Gasteiger partial charge in [-0.05, 0) is 24.2 Å². The Morgan fingerprint density at radius 1 is 0.821 bits per heavy atom. The minimum absolute atomic E-state index is 0.0859. The summed E-state index contributed by atoms with van der Waals surface area (Å²) in [6, 6.07) is 0. The molecule has 5 unspecified atom stereocenters. The molecule has 0 saturated carbocycles. The van der Waals surface area contributed by atoms with Crippen LogP contribution in [-0.4, -0.2) is 34.9 Å². The summed E-state index contributed by atoms with van der Waals surface area (Å²) in [5, 5.41) is 10.6. The molecule has 0 amide bonds. The van der Waals surface area contributed by atoms with Crippen LogP contribution in [0.4, 0.5) is 0 Å². The van der Waals surface area contributed by atoms with Crippen LogP contribution in [0.15, 0.2) is 0 Å². The van der Waals surface area contributed by atoms with E-state index in [0.29, 0.717) is 12.3 Å². The zero-order chi connectivity index (χ0) is 29.6. The van der Waals surface area contributed by atoms with E-state index in [4.69, 9.17) is 26.8 Å². The second-order valence-corrected chi connectivity index (χ2v) is 14.0. The predicted octanol–water partition coefficient (Wildman–Crippen LogP) is 9.29. The highest BCUT2D eigenvalue weighted by molar-refractivity contribution is 7.80. The summed E-state index contributed by atoms with van der Waals surface area (Å²) in [5.74, 6) is -0.521. The monoisotopic (exact) mass is 594 g/mol. The van der Waals surface area contributed by atoms with E-state index >= 15 is 0 Å². The van der Waals surface area contributed by atoms with Crippen LogP contribution in [0.3, 0.4) is 0 Å². The molecule has 0 spiro atoms. The maximum atomic E-state index is 12.5. The molecule has 234 valence electrons. The normalized spacial score (nSPS) is 16.3. The highest BCUT2D eigenvalue weighted by Gasteiger charge is 2.42. The highest BCUT2D eigenvalue weighted by atomic mass is 32.1. The molecule has 0 saturated heterocycles. The van der Waals surface area contributed by atoms with Gasteiger partial charge in [-0.3, -0.25) is 0 Å². The summed E-state index contributed by atoms with van der Waals surface area (Å²) in [6.45, 7) is 12.1. The molecule has 0 radical (unpaired) electrons. The fraction of sp³-hybridized carbons (Fsp3) is 0.968. The van der Waals surface area contributed by atoms with Crippen molar-refractivity contribution in [1.82, 2.24) is 0 Å². The number of esters is 1. The Hall–Kier alpha value is -0.0700. The fourth-order valence-corrected chi connectivity index (χ4v) is 5.41. The van der Waals surface area contributed by atoms with Crippen LogP contribution in [0.5, 0.6) is 0 Å². The van der Waals surface area contributed by atoms with Gasteiger partial charge >= 0.3 is 11.5 Å². The second kappa shape index (κ2) is 23.5. The number of carbonyl (C=O) groups excluding carboxylic acids is 1. The molecular weight excluding hydrogens is 531 g/mol. The maximum Gasteiger partial charge on any atom is 0.374 e. The Morgan fingerprint density at radius 2 is 1.28 bits per heavy atom. The van der Waals surface area contributed by atoms with Gasteiger partial charge in [0, 0.05) is 0 Å². The summed E-state index contributed by atoms with van der Waals surface area (Å²) in [6.07, 6.45) is 20.8. The van der Waals surface area contributed by atoms with E-state index < -0.39 is 31.7 Å². The van der Waals surface area contributed by atoms with E-state index in [1.165, 1.54) is 89.9 Å². The van der Waals surface area contributed by atoms with Crippen LogP contribution in [-0.2, 0) is 23.6 Å². The van der Waals surface area contributed by atoms with Gasteiger partial charge in [-0.1, -0.05) is 144 Å². The first kappa shape index (κ1) is 38.9. The summed E-state index contributed by atoms with van der Waals surface area (Å²) < 4.78 is 28.5. The van der Waals surface area contributed by atoms with E-state index in [1.807, 2.05) is 27.7 Å². The molecule has 6 nitrogen and oxygen atoms in total. The quantitative estimate of drug-likeness (QED) is 0.0341. The number of carbonyl (C=O) groups is 1. The molecule has 0 bridgehead atoms. The van der Waals surface area contributed by atoms with E-state index in [0.717, 1.165) is 19.3 Å². The van der Waals surface area contributed by atoms with E-state index in [-0.39, 0.29) is 12.0 Å². The molecule has 5 atom stereocenters. The van der Waals surface area contributed by atoms with Crippen LogP contribution in [0, 0.1) is 11.3 Å². The van der Waals surface area contributed by atoms with Crippen molar-refractivity contribution in [3.05, 3.63) is 0 Å². The molecule has 0 aromatic heterocycles. The van der Waals surface area contributed by atoms with Crippen molar-refractivity contribution in [3.63, 3.8) is 0 Å². The smallest absolute Gasteiger partial charge is 0.374 e. The van der Waals surface area contributed by atoms with Crippen LogP contribution in [0.25, 0.3) is 0 Å². The fourth-order valence-electron chi connectivity index (χ4n) is 4.59. The van der Waals surface area contributed by atoms with Gasteiger partial charge in [-0.15, -0.1) is 12.6 Å². The average Bonchev–Trinajstić information content (AvgIpc) is 2.89. The Morgan fingerprint density at radius 3 is 1.69 bits per heavy atom. The minimum atomic E-state index is -2.49. The van der Waals surface area contributed by atoms with Gasteiger partial charge in [-0.25, -0.2) is 4.79 Å². The first-order valence-electron chi connectivity index (χ1n) is 15.9. The molecule has 0 fully saturated rings. The first-order valence-corrected chi connectivity index (χ1v) is 17.4. The van der Waals surface area contributed by atoms with E-state index in [1.54, 1.807) is 0 Å². The van der Waals surface area contributed by atoms with Crippen LogP contribution < -0.4 is 0 Å². The number of ether oxygens (including phenoxy) is 3. The number of thiol groups is 1. The number of unbranched alkanes of at least 4 members (excludes halogenated alkanes) is 12. The Bertz CT molecular complexity index is 614. The molecule has 0 aromatic rings. The van der Waals surface area contributed by atoms with Crippen molar-refractivity contribution in [1.29, 1.82) is 0 Å². The first-order chi connectivity index (χ1) is 18.5. The Balaban J connectivity index is 4.81. The molecule has 0 rings (SSSR count). The topological polar surface area (TPSA) is 82.1 Å². The molecule has 8 heteroatoms. The van der Waals surface area contributed by atoms with Crippen LogP contribution in [0.1, 0.15) is 157 Å². The van der Waals surface area contributed by atoms with E-state index in [2.05, 4.69) is 13.8 Å².